The van der Waals surface area contributed by atoms with Crippen LogP contribution in [-0.4, -0.2) is 36.7 Å². The highest BCUT2D eigenvalue weighted by Gasteiger charge is 2.40. The molecular formula is C14H23NO4. The number of carbonyl (C=O) groups is 2. The van der Waals surface area contributed by atoms with Crippen molar-refractivity contribution in [2.24, 2.45) is 17.8 Å². The Bertz CT molecular complexity index is 353. The van der Waals surface area contributed by atoms with Gasteiger partial charge >= 0.3 is 5.97 Å². The summed E-state index contributed by atoms with van der Waals surface area (Å²) in [6.07, 6.45) is 1.23. The van der Waals surface area contributed by atoms with E-state index in [4.69, 9.17) is 9.84 Å². The van der Waals surface area contributed by atoms with Crippen LogP contribution in [0.2, 0.25) is 0 Å². The number of carboxylic acid groups (broad SMARTS) is 1. The first kappa shape index (κ1) is 15.7. The Kier molecular flexibility index (Phi) is 6.02. The fraction of sp³-hybridized carbons (Fsp3) is 0.714. The molecule has 5 heteroatoms. The SMILES string of the molecule is C=C(C)COCCNC(=O)C1CC(C)CC1C(=O)O. The highest BCUT2D eigenvalue weighted by atomic mass is 16.5. The van der Waals surface area contributed by atoms with E-state index in [0.717, 1.165) is 5.57 Å². The number of carboxylic acids is 1. The van der Waals surface area contributed by atoms with Crippen LogP contribution in [-0.2, 0) is 14.3 Å². The Morgan fingerprint density at radius 2 is 2.00 bits per heavy atom. The topological polar surface area (TPSA) is 75.6 Å². The molecule has 19 heavy (non-hydrogen) atoms. The van der Waals surface area contributed by atoms with Crippen molar-refractivity contribution in [1.29, 1.82) is 0 Å². The molecule has 0 saturated heterocycles. The fourth-order valence-electron chi connectivity index (χ4n) is 2.48. The molecule has 5 nitrogen and oxygen atoms in total. The molecule has 0 aromatic rings. The maximum Gasteiger partial charge on any atom is 0.307 e. The van der Waals surface area contributed by atoms with Gasteiger partial charge in [-0.25, -0.2) is 0 Å². The van der Waals surface area contributed by atoms with Crippen molar-refractivity contribution in [2.45, 2.75) is 26.7 Å². The lowest BCUT2D eigenvalue weighted by molar-refractivity contribution is -0.146. The molecule has 0 heterocycles. The molecule has 1 fully saturated rings. The van der Waals surface area contributed by atoms with Crippen LogP contribution < -0.4 is 5.32 Å². The molecule has 1 aliphatic rings. The second kappa shape index (κ2) is 7.28. The average molecular weight is 269 g/mol. The van der Waals surface area contributed by atoms with Gasteiger partial charge in [0.1, 0.15) is 0 Å². The third-order valence-electron chi connectivity index (χ3n) is 3.35. The van der Waals surface area contributed by atoms with Crippen molar-refractivity contribution < 1.29 is 19.4 Å². The number of ether oxygens (including phenoxy) is 1. The summed E-state index contributed by atoms with van der Waals surface area (Å²) in [5.41, 5.74) is 0.932. The summed E-state index contributed by atoms with van der Waals surface area (Å²) >= 11 is 0. The van der Waals surface area contributed by atoms with E-state index in [9.17, 15) is 9.59 Å². The minimum atomic E-state index is -0.872. The summed E-state index contributed by atoms with van der Waals surface area (Å²) in [5, 5.41) is 11.9. The zero-order chi connectivity index (χ0) is 14.4. The third kappa shape index (κ3) is 5.03. The summed E-state index contributed by atoms with van der Waals surface area (Å²) in [6.45, 7) is 8.87. The molecule has 0 aromatic heterocycles. The minimum Gasteiger partial charge on any atom is -0.481 e. The zero-order valence-electron chi connectivity index (χ0n) is 11.6. The van der Waals surface area contributed by atoms with Crippen LogP contribution >= 0.6 is 0 Å². The highest BCUT2D eigenvalue weighted by molar-refractivity contribution is 5.85. The second-order valence-corrected chi connectivity index (χ2v) is 5.43. The second-order valence-electron chi connectivity index (χ2n) is 5.43. The van der Waals surface area contributed by atoms with Gasteiger partial charge in [0.25, 0.3) is 0 Å². The van der Waals surface area contributed by atoms with Gasteiger partial charge in [0.15, 0.2) is 0 Å². The lowest BCUT2D eigenvalue weighted by Gasteiger charge is -2.15. The van der Waals surface area contributed by atoms with E-state index in [1.165, 1.54) is 0 Å². The van der Waals surface area contributed by atoms with Gasteiger partial charge in [-0.15, -0.1) is 0 Å². The van der Waals surface area contributed by atoms with Crippen LogP contribution in [0.25, 0.3) is 0 Å². The Morgan fingerprint density at radius 1 is 1.37 bits per heavy atom. The van der Waals surface area contributed by atoms with Crippen molar-refractivity contribution in [1.82, 2.24) is 5.32 Å². The van der Waals surface area contributed by atoms with E-state index in [-0.39, 0.29) is 11.8 Å². The van der Waals surface area contributed by atoms with Gasteiger partial charge in [-0.3, -0.25) is 9.59 Å². The molecule has 108 valence electrons. The summed E-state index contributed by atoms with van der Waals surface area (Å²) in [5.74, 6) is -1.71. The van der Waals surface area contributed by atoms with E-state index in [1.54, 1.807) is 0 Å². The molecule has 0 aliphatic heterocycles. The molecule has 1 aliphatic carbocycles. The van der Waals surface area contributed by atoms with Crippen LogP contribution in [0.15, 0.2) is 12.2 Å². The highest BCUT2D eigenvalue weighted by Crippen LogP contribution is 2.36. The molecule has 1 saturated carbocycles. The predicted molar refractivity (Wildman–Crippen MR) is 71.7 cm³/mol. The first-order chi connectivity index (χ1) is 8.91. The van der Waals surface area contributed by atoms with Crippen molar-refractivity contribution in [3.8, 4) is 0 Å². The molecule has 3 atom stereocenters. The first-order valence-corrected chi connectivity index (χ1v) is 6.64. The number of carbonyl (C=O) groups excluding carboxylic acids is 1. The maximum atomic E-state index is 12.0. The van der Waals surface area contributed by atoms with Gasteiger partial charge in [0.05, 0.1) is 25.0 Å². The largest absolute Gasteiger partial charge is 0.481 e. The van der Waals surface area contributed by atoms with Crippen molar-refractivity contribution >= 4 is 11.9 Å². The van der Waals surface area contributed by atoms with Crippen molar-refractivity contribution in [2.75, 3.05) is 19.8 Å². The van der Waals surface area contributed by atoms with Gasteiger partial charge in [0.2, 0.25) is 5.91 Å². The Morgan fingerprint density at radius 3 is 2.58 bits per heavy atom. The normalized spacial score (nSPS) is 26.1. The molecule has 0 spiro atoms. The molecular weight excluding hydrogens is 246 g/mol. The van der Waals surface area contributed by atoms with Crippen LogP contribution in [0.5, 0.6) is 0 Å². The van der Waals surface area contributed by atoms with E-state index < -0.39 is 17.8 Å². The Hall–Kier alpha value is -1.36. The van der Waals surface area contributed by atoms with E-state index >= 15 is 0 Å². The Balaban J connectivity index is 2.32. The average Bonchev–Trinajstić information content (AvgIpc) is 2.70. The maximum absolute atomic E-state index is 12.0. The molecule has 3 unspecified atom stereocenters. The summed E-state index contributed by atoms with van der Waals surface area (Å²) in [4.78, 5) is 23.1. The number of aliphatic carboxylic acids is 1. The standard InChI is InChI=1S/C14H23NO4/c1-9(2)8-19-5-4-15-13(16)11-6-10(3)7-12(11)14(17)18/h10-12H,1,4-8H2,2-3H3,(H,15,16)(H,17,18). The lowest BCUT2D eigenvalue weighted by Crippen LogP contribution is -2.37. The van der Waals surface area contributed by atoms with Gasteiger partial charge in [-0.1, -0.05) is 19.1 Å². The summed E-state index contributed by atoms with van der Waals surface area (Å²) in [6, 6.07) is 0. The van der Waals surface area contributed by atoms with Gasteiger partial charge < -0.3 is 15.2 Å². The van der Waals surface area contributed by atoms with Crippen LogP contribution in [0.4, 0.5) is 0 Å². The molecule has 1 amide bonds. The third-order valence-corrected chi connectivity index (χ3v) is 3.35. The monoisotopic (exact) mass is 269 g/mol. The number of rotatable bonds is 7. The lowest BCUT2D eigenvalue weighted by atomic mass is 9.95. The smallest absolute Gasteiger partial charge is 0.307 e. The quantitative estimate of drug-likeness (QED) is 0.541. The Labute approximate surface area is 114 Å². The zero-order valence-corrected chi connectivity index (χ0v) is 11.6. The molecule has 0 bridgehead atoms. The number of hydrogen-bond donors (Lipinski definition) is 2. The molecule has 2 N–H and O–H groups in total. The van der Waals surface area contributed by atoms with Crippen LogP contribution in [0, 0.1) is 17.8 Å². The van der Waals surface area contributed by atoms with Gasteiger partial charge in [0, 0.05) is 6.54 Å². The minimum absolute atomic E-state index is 0.171. The number of hydrogen-bond acceptors (Lipinski definition) is 3. The number of nitrogens with one attached hydrogen (secondary N) is 1. The van der Waals surface area contributed by atoms with Crippen LogP contribution in [0.1, 0.15) is 26.7 Å². The van der Waals surface area contributed by atoms with Crippen molar-refractivity contribution in [3.05, 3.63) is 12.2 Å². The fourth-order valence-corrected chi connectivity index (χ4v) is 2.48. The summed E-state index contributed by atoms with van der Waals surface area (Å²) < 4.78 is 5.27. The summed E-state index contributed by atoms with van der Waals surface area (Å²) in [7, 11) is 0. The molecule has 1 rings (SSSR count). The van der Waals surface area contributed by atoms with Crippen molar-refractivity contribution in [3.63, 3.8) is 0 Å². The van der Waals surface area contributed by atoms with Gasteiger partial charge in [-0.05, 0) is 25.7 Å². The molecule has 0 aromatic carbocycles. The number of amides is 1. The van der Waals surface area contributed by atoms with E-state index in [0.29, 0.717) is 32.6 Å². The predicted octanol–water partition coefficient (Wildman–Crippen LogP) is 1.44. The first-order valence-electron chi connectivity index (χ1n) is 6.64. The van der Waals surface area contributed by atoms with E-state index in [1.807, 2.05) is 13.8 Å². The molecule has 0 radical (unpaired) electrons. The van der Waals surface area contributed by atoms with E-state index in [2.05, 4.69) is 11.9 Å². The van der Waals surface area contributed by atoms with Crippen LogP contribution in [0.3, 0.4) is 0 Å². The van der Waals surface area contributed by atoms with Gasteiger partial charge in [-0.2, -0.15) is 0 Å².